The molecule has 6 heteroatoms. The van der Waals surface area contributed by atoms with Crippen molar-refractivity contribution in [3.63, 3.8) is 0 Å². The number of unbranched alkanes of at least 4 members (excludes halogenated alkanes) is 6. The van der Waals surface area contributed by atoms with Crippen LogP contribution in [-0.4, -0.2) is 13.4 Å². The maximum absolute atomic E-state index is 2.66. The van der Waals surface area contributed by atoms with Crippen LogP contribution in [0, 0.1) is 0 Å². The fraction of sp³-hybridized carbons (Fsp3) is 0.182. The van der Waals surface area contributed by atoms with Crippen molar-refractivity contribution in [2.45, 2.75) is 78.1 Å². The van der Waals surface area contributed by atoms with Gasteiger partial charge in [-0.05, 0) is 161 Å². The average Bonchev–Trinajstić information content (AvgIpc) is 3.43. The van der Waals surface area contributed by atoms with E-state index in [1.807, 2.05) is 0 Å². The Balaban J connectivity index is 1.12. The predicted molar refractivity (Wildman–Crippen MR) is 310 cm³/mol. The molecule has 4 heterocycles. The third-order valence-corrected chi connectivity index (χ3v) is 15.9. The van der Waals surface area contributed by atoms with Crippen molar-refractivity contribution < 1.29 is 0 Å². The molecule has 0 saturated heterocycles. The molecule has 350 valence electrons. The lowest BCUT2D eigenvalue weighted by atomic mass is 9.30. The molecule has 72 heavy (non-hydrogen) atoms. The third kappa shape index (κ3) is 7.37. The van der Waals surface area contributed by atoms with Crippen LogP contribution >= 0.6 is 0 Å². The highest BCUT2D eigenvalue weighted by atomic mass is 15.2. The molecule has 0 spiro atoms. The molecule has 0 unspecified atom stereocenters. The number of hydrogen-bond acceptors (Lipinski definition) is 4. The minimum Gasteiger partial charge on any atom is -0.311 e. The van der Waals surface area contributed by atoms with Crippen LogP contribution in [0.15, 0.2) is 206 Å². The van der Waals surface area contributed by atoms with Crippen molar-refractivity contribution >= 4 is 114 Å². The van der Waals surface area contributed by atoms with Crippen LogP contribution in [0.1, 0.15) is 76.3 Å². The summed E-state index contributed by atoms with van der Waals surface area (Å²) in [5.41, 5.74) is 25.7. The molecule has 0 aliphatic carbocycles. The van der Waals surface area contributed by atoms with Crippen LogP contribution in [0.3, 0.4) is 0 Å². The molecule has 9 aromatic carbocycles. The third-order valence-electron chi connectivity index (χ3n) is 15.9. The van der Waals surface area contributed by atoms with E-state index in [1.54, 1.807) is 0 Å². The molecule has 4 aliphatic heterocycles. The molecule has 0 atom stereocenters. The number of aryl methyl sites for hydroxylation is 2. The zero-order valence-corrected chi connectivity index (χ0v) is 41.6. The van der Waals surface area contributed by atoms with Gasteiger partial charge in [0.25, 0.3) is 13.4 Å². The molecule has 4 aliphatic rings. The smallest absolute Gasteiger partial charge is 0.252 e. The van der Waals surface area contributed by atoms with E-state index in [2.05, 4.69) is 240 Å². The SMILES string of the molecule is CCCCCCc1cc2c3c(c1)N(c1ccccc1)c1cc4c(cc1B3c1ccccc1N2c1ccccc1)B1c2ccccc2N(c2ccccc2)c2cc(CCCCCC)cc(c21)N4c1ccccc1. The Morgan fingerprint density at radius 3 is 0.944 bits per heavy atom. The fourth-order valence-corrected chi connectivity index (χ4v) is 12.7. The van der Waals surface area contributed by atoms with E-state index in [1.165, 1.54) is 164 Å². The summed E-state index contributed by atoms with van der Waals surface area (Å²) in [4.78, 5) is 10.4. The van der Waals surface area contributed by atoms with Crippen LogP contribution in [0.4, 0.5) is 68.2 Å². The molecule has 0 bridgehead atoms. The Morgan fingerprint density at radius 2 is 0.597 bits per heavy atom. The summed E-state index contributed by atoms with van der Waals surface area (Å²) in [5.74, 6) is 0. The molecule has 0 saturated carbocycles. The van der Waals surface area contributed by atoms with Crippen LogP contribution in [0.5, 0.6) is 0 Å². The van der Waals surface area contributed by atoms with Gasteiger partial charge in [0.15, 0.2) is 0 Å². The molecule has 4 nitrogen and oxygen atoms in total. The van der Waals surface area contributed by atoms with Gasteiger partial charge < -0.3 is 19.6 Å². The summed E-state index contributed by atoms with van der Waals surface area (Å²) < 4.78 is 0. The Bertz CT molecular complexity index is 3210. The first-order valence-corrected chi connectivity index (χ1v) is 26.8. The second-order valence-corrected chi connectivity index (χ2v) is 20.4. The van der Waals surface area contributed by atoms with Gasteiger partial charge in [0.05, 0.1) is 0 Å². The Morgan fingerprint density at radius 1 is 0.278 bits per heavy atom. The van der Waals surface area contributed by atoms with Gasteiger partial charge in [0.1, 0.15) is 0 Å². The quantitative estimate of drug-likeness (QED) is 0.0796. The monoisotopic (exact) mass is 931 g/mol. The first kappa shape index (κ1) is 44.3. The Hall–Kier alpha value is -7.69. The van der Waals surface area contributed by atoms with Gasteiger partial charge in [-0.15, -0.1) is 0 Å². The highest BCUT2D eigenvalue weighted by Crippen LogP contribution is 2.49. The summed E-state index contributed by atoms with van der Waals surface area (Å²) >= 11 is 0. The number of anilines is 12. The second kappa shape index (κ2) is 18.8. The van der Waals surface area contributed by atoms with Gasteiger partial charge in [-0.3, -0.25) is 0 Å². The van der Waals surface area contributed by atoms with E-state index < -0.39 is 0 Å². The van der Waals surface area contributed by atoms with E-state index in [4.69, 9.17) is 0 Å². The zero-order valence-electron chi connectivity index (χ0n) is 41.6. The average molecular weight is 931 g/mol. The van der Waals surface area contributed by atoms with Gasteiger partial charge in [-0.25, -0.2) is 0 Å². The van der Waals surface area contributed by atoms with Crippen molar-refractivity contribution in [3.05, 3.63) is 217 Å². The van der Waals surface area contributed by atoms with Gasteiger partial charge in [0.2, 0.25) is 0 Å². The zero-order chi connectivity index (χ0) is 48.1. The summed E-state index contributed by atoms with van der Waals surface area (Å²) in [6.07, 6.45) is 11.9. The van der Waals surface area contributed by atoms with Crippen LogP contribution in [-0.2, 0) is 12.8 Å². The highest BCUT2D eigenvalue weighted by molar-refractivity contribution is 7.03. The molecule has 0 N–H and O–H groups in total. The molecule has 0 fully saturated rings. The van der Waals surface area contributed by atoms with Crippen molar-refractivity contribution in [1.29, 1.82) is 0 Å². The molecule has 0 amide bonds. The van der Waals surface area contributed by atoms with E-state index in [-0.39, 0.29) is 13.4 Å². The maximum atomic E-state index is 2.66. The fourth-order valence-electron chi connectivity index (χ4n) is 12.7. The normalized spacial score (nSPS) is 13.5. The minimum absolute atomic E-state index is 0.00300. The number of hydrogen-bond donors (Lipinski definition) is 0. The summed E-state index contributed by atoms with van der Waals surface area (Å²) in [7, 11) is 0. The van der Waals surface area contributed by atoms with Crippen molar-refractivity contribution in [2.24, 2.45) is 0 Å². The van der Waals surface area contributed by atoms with Crippen LogP contribution < -0.4 is 52.4 Å². The van der Waals surface area contributed by atoms with Crippen molar-refractivity contribution in [3.8, 4) is 0 Å². The Labute approximate surface area is 427 Å². The van der Waals surface area contributed by atoms with E-state index in [9.17, 15) is 0 Å². The maximum Gasteiger partial charge on any atom is 0.252 e. The van der Waals surface area contributed by atoms with Crippen molar-refractivity contribution in [1.82, 2.24) is 0 Å². The minimum atomic E-state index is -0.00300. The molecule has 13 rings (SSSR count). The van der Waals surface area contributed by atoms with Gasteiger partial charge in [-0.1, -0.05) is 168 Å². The number of rotatable bonds is 14. The van der Waals surface area contributed by atoms with Crippen LogP contribution in [0.25, 0.3) is 0 Å². The molecular weight excluding hydrogens is 870 g/mol. The summed E-state index contributed by atoms with van der Waals surface area (Å²) in [6.45, 7) is 4.61. The molecular formula is C66H60B2N4. The highest BCUT2D eigenvalue weighted by Gasteiger charge is 2.48. The molecule has 0 radical (unpaired) electrons. The first-order chi connectivity index (χ1) is 35.7. The standard InChI is InChI=1S/C66H60B2N4/c1-3-5-7-13-27-47-41-61-65-63(43-47)71(51-33-19-11-20-34-51)59-46-60-56(45-55(59)67(65)53-37-23-25-39-57(53)69(61)49-29-15-9-16-30-49)68-54-38-24-26-40-58(54)70(50-31-17-10-18-32-50)62-42-48(28-14-8-6-4-2)44-64(66(62)68)72(60)52-35-21-12-22-36-52/h9-12,15-26,29-46H,3-8,13-14,27-28H2,1-2H3. The van der Waals surface area contributed by atoms with E-state index >= 15 is 0 Å². The van der Waals surface area contributed by atoms with E-state index in [0.29, 0.717) is 0 Å². The predicted octanol–water partition coefficient (Wildman–Crippen LogP) is 14.1. The van der Waals surface area contributed by atoms with Gasteiger partial charge >= 0.3 is 0 Å². The Kier molecular flexibility index (Phi) is 11.6. The lowest BCUT2D eigenvalue weighted by Crippen LogP contribution is -2.65. The van der Waals surface area contributed by atoms with Gasteiger partial charge in [-0.2, -0.15) is 0 Å². The number of para-hydroxylation sites is 6. The first-order valence-electron chi connectivity index (χ1n) is 26.8. The number of benzene rings is 9. The van der Waals surface area contributed by atoms with Gasteiger partial charge in [0, 0.05) is 68.2 Å². The topological polar surface area (TPSA) is 13.0 Å². The second-order valence-electron chi connectivity index (χ2n) is 20.4. The molecule has 9 aromatic rings. The number of fused-ring (bicyclic) bond motifs is 8. The summed E-state index contributed by atoms with van der Waals surface area (Å²) in [6, 6.07) is 78.5. The summed E-state index contributed by atoms with van der Waals surface area (Å²) in [5, 5.41) is 0. The number of nitrogens with zero attached hydrogens (tertiary/aromatic N) is 4. The lowest BCUT2D eigenvalue weighted by Gasteiger charge is -2.47. The van der Waals surface area contributed by atoms with E-state index in [0.717, 1.165) is 12.8 Å². The lowest BCUT2D eigenvalue weighted by molar-refractivity contribution is 0.667. The van der Waals surface area contributed by atoms with Crippen LogP contribution in [0.2, 0.25) is 0 Å². The largest absolute Gasteiger partial charge is 0.311 e. The molecule has 0 aromatic heterocycles. The van der Waals surface area contributed by atoms with Crippen molar-refractivity contribution in [2.75, 3.05) is 19.6 Å².